The summed E-state index contributed by atoms with van der Waals surface area (Å²) in [5.74, 6) is 1.37. The van der Waals surface area contributed by atoms with Crippen LogP contribution in [0.3, 0.4) is 0 Å². The zero-order valence-electron chi connectivity index (χ0n) is 15.5. The van der Waals surface area contributed by atoms with E-state index in [1.807, 2.05) is 30.3 Å². The molecule has 5 heteroatoms. The molecule has 1 aliphatic carbocycles. The molecule has 1 N–H and O–H groups in total. The second kappa shape index (κ2) is 8.99. The van der Waals surface area contributed by atoms with Gasteiger partial charge in [0, 0.05) is 4.88 Å². The van der Waals surface area contributed by atoms with Crippen LogP contribution in [0.25, 0.3) is 0 Å². The fourth-order valence-electron chi connectivity index (χ4n) is 2.89. The zero-order chi connectivity index (χ0) is 18.4. The van der Waals surface area contributed by atoms with E-state index >= 15 is 0 Å². The Labute approximate surface area is 159 Å². The quantitative estimate of drug-likeness (QED) is 0.561. The highest BCUT2D eigenvalue weighted by molar-refractivity contribution is 7.14. The highest BCUT2D eigenvalue weighted by atomic mass is 32.1. The van der Waals surface area contributed by atoms with Gasteiger partial charge in [-0.15, -0.1) is 11.3 Å². The second-order valence-corrected chi connectivity index (χ2v) is 8.20. The zero-order valence-corrected chi connectivity index (χ0v) is 16.3. The molecular formula is C21H26N2O2S. The number of nitrogens with one attached hydrogen (secondary N) is 1. The molecule has 2 aromatic rings. The Hall–Kier alpha value is -2.14. The summed E-state index contributed by atoms with van der Waals surface area (Å²) in [7, 11) is 0. The Kier molecular flexibility index (Phi) is 6.45. The maximum absolute atomic E-state index is 12.2. The van der Waals surface area contributed by atoms with Crippen molar-refractivity contribution < 1.29 is 9.53 Å². The lowest BCUT2D eigenvalue weighted by Gasteiger charge is -2.08. The Morgan fingerprint density at radius 3 is 2.77 bits per heavy atom. The molecular weight excluding hydrogens is 344 g/mol. The summed E-state index contributed by atoms with van der Waals surface area (Å²) in [6, 6.07) is 9.75. The van der Waals surface area contributed by atoms with Crippen molar-refractivity contribution in [2.45, 2.75) is 46.0 Å². The molecule has 3 rings (SSSR count). The van der Waals surface area contributed by atoms with Gasteiger partial charge in [-0.25, -0.2) is 5.43 Å². The summed E-state index contributed by atoms with van der Waals surface area (Å²) in [4.78, 5) is 14.4. The van der Waals surface area contributed by atoms with Crippen molar-refractivity contribution in [2.24, 2.45) is 11.0 Å². The van der Waals surface area contributed by atoms with E-state index in [0.29, 0.717) is 5.92 Å². The molecule has 1 aliphatic rings. The SMILES string of the molecule is CC(C)CCOc1ccc(C=NNC(=O)c2cc3c(s2)CCCC3)cc1. The Morgan fingerprint density at radius 1 is 1.27 bits per heavy atom. The predicted molar refractivity (Wildman–Crippen MR) is 107 cm³/mol. The number of carbonyl (C=O) groups is 1. The molecule has 0 saturated heterocycles. The smallest absolute Gasteiger partial charge is 0.281 e. The van der Waals surface area contributed by atoms with Crippen LogP contribution in [0.2, 0.25) is 0 Å². The van der Waals surface area contributed by atoms with Crippen LogP contribution in [0.1, 0.15) is 58.8 Å². The van der Waals surface area contributed by atoms with Crippen LogP contribution in [0.4, 0.5) is 0 Å². The first-order chi connectivity index (χ1) is 12.6. The summed E-state index contributed by atoms with van der Waals surface area (Å²) in [5, 5.41) is 4.08. The Balaban J connectivity index is 1.50. The first-order valence-electron chi connectivity index (χ1n) is 9.29. The number of fused-ring (bicyclic) bond motifs is 1. The lowest BCUT2D eigenvalue weighted by molar-refractivity contribution is 0.0959. The molecule has 0 atom stereocenters. The van der Waals surface area contributed by atoms with Crippen molar-refractivity contribution in [1.29, 1.82) is 0 Å². The number of carbonyl (C=O) groups excluding carboxylic acids is 1. The molecule has 0 aliphatic heterocycles. The molecule has 0 saturated carbocycles. The summed E-state index contributed by atoms with van der Waals surface area (Å²) in [6.07, 6.45) is 7.34. The van der Waals surface area contributed by atoms with E-state index in [1.165, 1.54) is 23.3 Å². The number of hydrogen-bond acceptors (Lipinski definition) is 4. The summed E-state index contributed by atoms with van der Waals surface area (Å²) >= 11 is 1.60. The molecule has 0 radical (unpaired) electrons. The molecule has 4 nitrogen and oxygen atoms in total. The minimum Gasteiger partial charge on any atom is -0.494 e. The summed E-state index contributed by atoms with van der Waals surface area (Å²) in [5.41, 5.74) is 4.89. The molecule has 0 unspecified atom stereocenters. The number of benzene rings is 1. The number of thiophene rings is 1. The van der Waals surface area contributed by atoms with Crippen LogP contribution in [0.15, 0.2) is 35.4 Å². The van der Waals surface area contributed by atoms with Gasteiger partial charge >= 0.3 is 0 Å². The topological polar surface area (TPSA) is 50.7 Å². The van der Waals surface area contributed by atoms with Crippen molar-refractivity contribution in [1.82, 2.24) is 5.43 Å². The molecule has 1 aromatic carbocycles. The van der Waals surface area contributed by atoms with E-state index in [4.69, 9.17) is 4.74 Å². The van der Waals surface area contributed by atoms with Gasteiger partial charge in [0.2, 0.25) is 0 Å². The molecule has 26 heavy (non-hydrogen) atoms. The van der Waals surface area contributed by atoms with Crippen molar-refractivity contribution in [3.63, 3.8) is 0 Å². The molecule has 1 aromatic heterocycles. The highest BCUT2D eigenvalue weighted by Gasteiger charge is 2.16. The monoisotopic (exact) mass is 370 g/mol. The standard InChI is InChI=1S/C21H26N2O2S/c1-15(2)11-12-25-18-9-7-16(8-10-18)14-22-23-21(24)20-13-17-5-3-4-6-19(17)26-20/h7-10,13-15H,3-6,11-12H2,1-2H3,(H,23,24). The van der Waals surface area contributed by atoms with E-state index in [2.05, 4.69) is 24.4 Å². The molecule has 138 valence electrons. The van der Waals surface area contributed by atoms with E-state index in [1.54, 1.807) is 17.6 Å². The molecule has 1 heterocycles. The lowest BCUT2D eigenvalue weighted by atomic mass is 9.99. The average molecular weight is 371 g/mol. The van der Waals surface area contributed by atoms with Gasteiger partial charge in [0.15, 0.2) is 0 Å². The van der Waals surface area contributed by atoms with Crippen LogP contribution in [-0.2, 0) is 12.8 Å². The fourth-order valence-corrected chi connectivity index (χ4v) is 4.03. The number of nitrogens with zero attached hydrogens (tertiary/aromatic N) is 1. The van der Waals surface area contributed by atoms with E-state index in [-0.39, 0.29) is 5.91 Å². The number of amides is 1. The maximum atomic E-state index is 12.2. The normalized spacial score (nSPS) is 13.8. The third-order valence-electron chi connectivity index (χ3n) is 4.44. The minimum atomic E-state index is -0.130. The maximum Gasteiger partial charge on any atom is 0.281 e. The number of hydrazone groups is 1. The van der Waals surface area contributed by atoms with Crippen LogP contribution < -0.4 is 10.2 Å². The third kappa shape index (κ3) is 5.18. The largest absolute Gasteiger partial charge is 0.494 e. The van der Waals surface area contributed by atoms with Crippen molar-refractivity contribution in [2.75, 3.05) is 6.61 Å². The van der Waals surface area contributed by atoms with Crippen molar-refractivity contribution >= 4 is 23.5 Å². The van der Waals surface area contributed by atoms with Gasteiger partial charge in [-0.1, -0.05) is 13.8 Å². The highest BCUT2D eigenvalue weighted by Crippen LogP contribution is 2.29. The number of rotatable bonds is 7. The minimum absolute atomic E-state index is 0.130. The van der Waals surface area contributed by atoms with Crippen LogP contribution in [0.5, 0.6) is 5.75 Å². The van der Waals surface area contributed by atoms with Crippen LogP contribution in [0, 0.1) is 5.92 Å². The van der Waals surface area contributed by atoms with Crippen molar-refractivity contribution in [3.05, 3.63) is 51.2 Å². The fraction of sp³-hybridized carbons (Fsp3) is 0.429. The van der Waals surface area contributed by atoms with Crippen LogP contribution >= 0.6 is 11.3 Å². The first kappa shape index (κ1) is 18.6. The van der Waals surface area contributed by atoms with Gasteiger partial charge in [0.1, 0.15) is 5.75 Å². The summed E-state index contributed by atoms with van der Waals surface area (Å²) < 4.78 is 5.70. The van der Waals surface area contributed by atoms with Crippen molar-refractivity contribution in [3.8, 4) is 5.75 Å². The molecule has 0 spiro atoms. The first-order valence-corrected chi connectivity index (χ1v) is 10.1. The van der Waals surface area contributed by atoms with Gasteiger partial charge < -0.3 is 4.74 Å². The predicted octanol–water partition coefficient (Wildman–Crippen LogP) is 4.82. The van der Waals surface area contributed by atoms with Gasteiger partial charge in [-0.05, 0) is 79.5 Å². The second-order valence-electron chi connectivity index (χ2n) is 7.07. The van der Waals surface area contributed by atoms with Gasteiger partial charge in [0.05, 0.1) is 17.7 Å². The molecule has 1 amide bonds. The number of ether oxygens (including phenoxy) is 1. The average Bonchev–Trinajstić information content (AvgIpc) is 3.07. The van der Waals surface area contributed by atoms with Gasteiger partial charge in [-0.2, -0.15) is 5.10 Å². The van der Waals surface area contributed by atoms with E-state index in [9.17, 15) is 4.79 Å². The number of aryl methyl sites for hydroxylation is 2. The van der Waals surface area contributed by atoms with E-state index < -0.39 is 0 Å². The van der Waals surface area contributed by atoms with E-state index in [0.717, 1.165) is 42.1 Å². The molecule has 0 bridgehead atoms. The van der Waals surface area contributed by atoms with Crippen LogP contribution in [-0.4, -0.2) is 18.7 Å². The third-order valence-corrected chi connectivity index (χ3v) is 5.68. The molecule has 0 fully saturated rings. The Bertz CT molecular complexity index is 739. The lowest BCUT2D eigenvalue weighted by Crippen LogP contribution is -2.16. The number of hydrogen-bond donors (Lipinski definition) is 1. The summed E-state index contributed by atoms with van der Waals surface area (Å²) in [6.45, 7) is 5.09. The van der Waals surface area contributed by atoms with Gasteiger partial charge in [-0.3, -0.25) is 4.79 Å². The van der Waals surface area contributed by atoms with Gasteiger partial charge in [0.25, 0.3) is 5.91 Å². The Morgan fingerprint density at radius 2 is 2.04 bits per heavy atom.